The Bertz CT molecular complexity index is 1330. The van der Waals surface area contributed by atoms with E-state index in [1.54, 1.807) is 43.3 Å². The second kappa shape index (κ2) is 9.30. The number of benzene rings is 3. The molecule has 8 nitrogen and oxygen atoms in total. The van der Waals surface area contributed by atoms with Crippen molar-refractivity contribution in [2.45, 2.75) is 31.3 Å². The van der Waals surface area contributed by atoms with Gasteiger partial charge in [0.2, 0.25) is 11.8 Å². The quantitative estimate of drug-likeness (QED) is 0.545. The van der Waals surface area contributed by atoms with E-state index in [2.05, 4.69) is 10.6 Å². The van der Waals surface area contributed by atoms with Crippen molar-refractivity contribution >= 4 is 35.1 Å². The van der Waals surface area contributed by atoms with Crippen molar-refractivity contribution in [1.29, 1.82) is 0 Å². The predicted molar refractivity (Wildman–Crippen MR) is 135 cm³/mol. The highest BCUT2D eigenvalue weighted by atomic mass is 16.2. The summed E-state index contributed by atoms with van der Waals surface area (Å²) in [7, 11) is 0. The van der Waals surface area contributed by atoms with Gasteiger partial charge < -0.3 is 15.5 Å². The molecule has 2 heterocycles. The van der Waals surface area contributed by atoms with Crippen molar-refractivity contribution in [2.24, 2.45) is 0 Å². The van der Waals surface area contributed by atoms with Gasteiger partial charge in [0.15, 0.2) is 5.54 Å². The van der Waals surface area contributed by atoms with Crippen molar-refractivity contribution in [3.05, 3.63) is 96.1 Å². The molecule has 2 aliphatic rings. The van der Waals surface area contributed by atoms with E-state index in [-0.39, 0.29) is 18.7 Å². The van der Waals surface area contributed by atoms with Crippen LogP contribution in [0.5, 0.6) is 0 Å². The Hall–Kier alpha value is -4.46. The molecule has 182 valence electrons. The SMILES string of the molecule is C[C@@H]1CC(=O)Nc2ccccc2N1C(=O)CN1C(=O)N[C@@](Cc2ccccc2)(c2ccccc2)C1=O. The maximum atomic E-state index is 13.9. The molecule has 3 aromatic rings. The first-order chi connectivity index (χ1) is 17.4. The van der Waals surface area contributed by atoms with E-state index in [1.165, 1.54) is 4.90 Å². The zero-order valence-electron chi connectivity index (χ0n) is 19.8. The minimum atomic E-state index is -1.33. The number of rotatable bonds is 5. The van der Waals surface area contributed by atoms with E-state index in [0.29, 0.717) is 16.9 Å². The Morgan fingerprint density at radius 3 is 2.28 bits per heavy atom. The Labute approximate surface area is 208 Å². The van der Waals surface area contributed by atoms with Gasteiger partial charge in [0.05, 0.1) is 11.4 Å². The first-order valence-electron chi connectivity index (χ1n) is 11.8. The molecule has 3 aromatic carbocycles. The highest BCUT2D eigenvalue weighted by Gasteiger charge is 2.53. The molecule has 0 radical (unpaired) electrons. The van der Waals surface area contributed by atoms with Gasteiger partial charge in [-0.05, 0) is 30.2 Å². The van der Waals surface area contributed by atoms with Gasteiger partial charge in [0.1, 0.15) is 6.54 Å². The maximum absolute atomic E-state index is 13.9. The highest BCUT2D eigenvalue weighted by molar-refractivity contribution is 6.12. The summed E-state index contributed by atoms with van der Waals surface area (Å²) in [6, 6.07) is 24.5. The molecule has 2 atom stereocenters. The lowest BCUT2D eigenvalue weighted by molar-refractivity contribution is -0.134. The zero-order valence-corrected chi connectivity index (χ0v) is 19.8. The number of nitrogens with one attached hydrogen (secondary N) is 2. The van der Waals surface area contributed by atoms with Crippen LogP contribution in [-0.4, -0.2) is 41.2 Å². The number of anilines is 2. The topological polar surface area (TPSA) is 98.8 Å². The van der Waals surface area contributed by atoms with Crippen LogP contribution in [0.1, 0.15) is 24.5 Å². The molecule has 0 bridgehead atoms. The summed E-state index contributed by atoms with van der Waals surface area (Å²) in [5, 5.41) is 5.71. The van der Waals surface area contributed by atoms with Crippen LogP contribution in [0.3, 0.4) is 0 Å². The normalized spacial score (nSPS) is 21.5. The van der Waals surface area contributed by atoms with Gasteiger partial charge in [0, 0.05) is 18.9 Å². The summed E-state index contributed by atoms with van der Waals surface area (Å²) >= 11 is 0. The predicted octanol–water partition coefficient (Wildman–Crippen LogP) is 3.44. The van der Waals surface area contributed by atoms with Crippen LogP contribution in [0.2, 0.25) is 0 Å². The molecule has 1 saturated heterocycles. The molecule has 0 aromatic heterocycles. The maximum Gasteiger partial charge on any atom is 0.325 e. The second-order valence-corrected chi connectivity index (χ2v) is 9.14. The molecular formula is C28H26N4O4. The largest absolute Gasteiger partial charge is 0.325 e. The van der Waals surface area contributed by atoms with E-state index in [1.807, 2.05) is 48.5 Å². The Morgan fingerprint density at radius 1 is 0.917 bits per heavy atom. The van der Waals surface area contributed by atoms with E-state index in [0.717, 1.165) is 10.5 Å². The third kappa shape index (κ3) is 4.11. The van der Waals surface area contributed by atoms with Crippen molar-refractivity contribution in [1.82, 2.24) is 10.2 Å². The molecule has 0 spiro atoms. The third-order valence-corrected chi connectivity index (χ3v) is 6.68. The molecule has 5 rings (SSSR count). The second-order valence-electron chi connectivity index (χ2n) is 9.14. The molecule has 2 N–H and O–H groups in total. The third-order valence-electron chi connectivity index (χ3n) is 6.68. The Morgan fingerprint density at radius 2 is 1.56 bits per heavy atom. The smallest absolute Gasteiger partial charge is 0.324 e. The average Bonchev–Trinajstić information content (AvgIpc) is 3.02. The fourth-order valence-corrected chi connectivity index (χ4v) is 4.99. The molecule has 8 heteroatoms. The molecule has 5 amide bonds. The minimum Gasteiger partial charge on any atom is -0.324 e. The van der Waals surface area contributed by atoms with Gasteiger partial charge in [-0.3, -0.25) is 19.3 Å². The fraction of sp³-hybridized carbons (Fsp3) is 0.214. The van der Waals surface area contributed by atoms with Gasteiger partial charge in [-0.25, -0.2) is 4.79 Å². The highest BCUT2D eigenvalue weighted by Crippen LogP contribution is 2.35. The fourth-order valence-electron chi connectivity index (χ4n) is 4.99. The van der Waals surface area contributed by atoms with E-state index >= 15 is 0 Å². The summed E-state index contributed by atoms with van der Waals surface area (Å²) in [6.45, 7) is 1.33. The average molecular weight is 483 g/mol. The van der Waals surface area contributed by atoms with Gasteiger partial charge >= 0.3 is 6.03 Å². The Balaban J connectivity index is 1.47. The van der Waals surface area contributed by atoms with E-state index in [9.17, 15) is 19.2 Å². The van der Waals surface area contributed by atoms with Crippen molar-refractivity contribution < 1.29 is 19.2 Å². The van der Waals surface area contributed by atoms with Crippen LogP contribution >= 0.6 is 0 Å². The van der Waals surface area contributed by atoms with Crippen LogP contribution in [0.4, 0.5) is 16.2 Å². The van der Waals surface area contributed by atoms with Crippen molar-refractivity contribution in [2.75, 3.05) is 16.8 Å². The number of amides is 5. The summed E-state index contributed by atoms with van der Waals surface area (Å²) < 4.78 is 0. The first kappa shape index (κ1) is 23.3. The van der Waals surface area contributed by atoms with Crippen molar-refractivity contribution in [3.63, 3.8) is 0 Å². The lowest BCUT2D eigenvalue weighted by Gasteiger charge is -2.30. The van der Waals surface area contributed by atoms with Gasteiger partial charge in [-0.2, -0.15) is 0 Å². The Kier molecular flexibility index (Phi) is 6.01. The molecular weight excluding hydrogens is 456 g/mol. The minimum absolute atomic E-state index is 0.0997. The number of hydrogen-bond acceptors (Lipinski definition) is 4. The summed E-state index contributed by atoms with van der Waals surface area (Å²) in [6.07, 6.45) is 0.344. The summed E-state index contributed by atoms with van der Waals surface area (Å²) in [4.78, 5) is 55.5. The number of hydrogen-bond donors (Lipinski definition) is 2. The summed E-state index contributed by atoms with van der Waals surface area (Å²) in [5.74, 6) is -1.13. The summed E-state index contributed by atoms with van der Waals surface area (Å²) in [5.41, 5.74) is 1.24. The van der Waals surface area contributed by atoms with Gasteiger partial charge in [0.25, 0.3) is 5.91 Å². The number of carbonyl (C=O) groups is 4. The molecule has 0 aliphatic carbocycles. The van der Waals surface area contributed by atoms with Gasteiger partial charge in [-0.15, -0.1) is 0 Å². The van der Waals surface area contributed by atoms with Crippen LogP contribution < -0.4 is 15.5 Å². The lowest BCUT2D eigenvalue weighted by atomic mass is 9.83. The van der Waals surface area contributed by atoms with E-state index < -0.39 is 36.0 Å². The standard InChI is InChI=1S/C28H26N4O4/c1-19-16-24(33)29-22-14-8-9-15-23(22)32(19)25(34)18-31-26(35)28(30-27(31)36,21-12-6-3-7-13-21)17-20-10-4-2-5-11-20/h2-15,19H,16-18H2,1H3,(H,29,33)(H,30,36)/t19-,28+/m1/s1. The van der Waals surface area contributed by atoms with Crippen LogP contribution in [0.15, 0.2) is 84.9 Å². The van der Waals surface area contributed by atoms with Crippen LogP contribution in [0.25, 0.3) is 0 Å². The number of carbonyl (C=O) groups excluding carboxylic acids is 4. The zero-order chi connectivity index (χ0) is 25.3. The number of imide groups is 1. The first-order valence-corrected chi connectivity index (χ1v) is 11.8. The van der Waals surface area contributed by atoms with Gasteiger partial charge in [-0.1, -0.05) is 72.8 Å². The molecule has 0 unspecified atom stereocenters. The number of para-hydroxylation sites is 2. The molecule has 2 aliphatic heterocycles. The molecule has 0 saturated carbocycles. The van der Waals surface area contributed by atoms with Crippen LogP contribution in [0, 0.1) is 0 Å². The monoisotopic (exact) mass is 482 g/mol. The molecule has 1 fully saturated rings. The van der Waals surface area contributed by atoms with Crippen LogP contribution in [-0.2, 0) is 26.3 Å². The number of fused-ring (bicyclic) bond motifs is 1. The van der Waals surface area contributed by atoms with Crippen molar-refractivity contribution in [3.8, 4) is 0 Å². The number of urea groups is 1. The molecule has 36 heavy (non-hydrogen) atoms. The lowest BCUT2D eigenvalue weighted by Crippen LogP contribution is -2.48. The number of nitrogens with zero attached hydrogens (tertiary/aromatic N) is 2. The van der Waals surface area contributed by atoms with E-state index in [4.69, 9.17) is 0 Å².